The molecule has 0 aromatic rings. The Balaban J connectivity index is 2.52. The third-order valence-corrected chi connectivity index (χ3v) is 3.26. The number of amides is 1. The fourth-order valence-electron chi connectivity index (χ4n) is 2.14. The van der Waals surface area contributed by atoms with Gasteiger partial charge >= 0.3 is 0 Å². The van der Waals surface area contributed by atoms with Gasteiger partial charge in [0, 0.05) is 19.1 Å². The number of carbonyl (C=O) groups excluding carboxylic acids is 1. The number of hydrogen-bond acceptors (Lipinski definition) is 3. The van der Waals surface area contributed by atoms with Crippen molar-refractivity contribution in [2.75, 3.05) is 20.3 Å². The highest BCUT2D eigenvalue weighted by atomic mass is 16.5. The van der Waals surface area contributed by atoms with Crippen LogP contribution in [0, 0.1) is 11.8 Å². The third kappa shape index (κ3) is 3.19. The van der Waals surface area contributed by atoms with E-state index in [1.165, 1.54) is 0 Å². The second-order valence-electron chi connectivity index (χ2n) is 5.24. The normalized spacial score (nSPS) is 27.1. The van der Waals surface area contributed by atoms with Crippen molar-refractivity contribution in [3.8, 4) is 0 Å². The van der Waals surface area contributed by atoms with E-state index in [1.807, 2.05) is 11.9 Å². The van der Waals surface area contributed by atoms with E-state index in [0.29, 0.717) is 19.1 Å². The van der Waals surface area contributed by atoms with E-state index in [1.54, 1.807) is 0 Å². The molecule has 94 valence electrons. The van der Waals surface area contributed by atoms with Crippen molar-refractivity contribution >= 4 is 5.91 Å². The maximum Gasteiger partial charge on any atom is 0.229 e. The van der Waals surface area contributed by atoms with Crippen LogP contribution in [0.15, 0.2) is 0 Å². The first-order valence-electron chi connectivity index (χ1n) is 6.03. The summed E-state index contributed by atoms with van der Waals surface area (Å²) in [6.45, 7) is 7.39. The maximum atomic E-state index is 12.1. The largest absolute Gasteiger partial charge is 0.379 e. The average Bonchev–Trinajstić information content (AvgIpc) is 2.61. The average molecular weight is 228 g/mol. The van der Waals surface area contributed by atoms with Crippen LogP contribution < -0.4 is 5.73 Å². The number of rotatable bonds is 4. The van der Waals surface area contributed by atoms with Gasteiger partial charge in [0.2, 0.25) is 5.91 Å². The van der Waals surface area contributed by atoms with Gasteiger partial charge in [0.1, 0.15) is 0 Å². The van der Waals surface area contributed by atoms with Crippen LogP contribution in [0.2, 0.25) is 0 Å². The van der Waals surface area contributed by atoms with Crippen LogP contribution >= 0.6 is 0 Å². The Bertz CT molecular complexity index is 243. The molecule has 0 aromatic carbocycles. The minimum Gasteiger partial charge on any atom is -0.379 e. The molecular weight excluding hydrogens is 204 g/mol. The van der Waals surface area contributed by atoms with Crippen LogP contribution in [0.3, 0.4) is 0 Å². The van der Waals surface area contributed by atoms with Crippen LogP contribution in [-0.4, -0.2) is 43.2 Å². The first-order valence-corrected chi connectivity index (χ1v) is 6.03. The Labute approximate surface area is 98.1 Å². The quantitative estimate of drug-likeness (QED) is 0.776. The summed E-state index contributed by atoms with van der Waals surface area (Å²) in [7, 11) is 1.86. The van der Waals surface area contributed by atoms with Crippen LogP contribution in [0.4, 0.5) is 0 Å². The summed E-state index contributed by atoms with van der Waals surface area (Å²) in [5.41, 5.74) is 5.85. The number of nitrogens with two attached hydrogens (primary N) is 1. The molecule has 1 aliphatic rings. The van der Waals surface area contributed by atoms with E-state index in [-0.39, 0.29) is 23.9 Å². The van der Waals surface area contributed by atoms with Gasteiger partial charge in [-0.25, -0.2) is 0 Å². The molecule has 2 N–H and O–H groups in total. The number of hydrogen-bond donors (Lipinski definition) is 1. The van der Waals surface area contributed by atoms with Crippen LogP contribution in [-0.2, 0) is 9.53 Å². The molecule has 1 rings (SSSR count). The topological polar surface area (TPSA) is 55.6 Å². The van der Waals surface area contributed by atoms with Gasteiger partial charge in [-0.15, -0.1) is 0 Å². The van der Waals surface area contributed by atoms with Gasteiger partial charge in [-0.05, 0) is 19.3 Å². The third-order valence-electron chi connectivity index (χ3n) is 3.26. The molecule has 4 heteroatoms. The van der Waals surface area contributed by atoms with E-state index in [9.17, 15) is 4.79 Å². The molecule has 0 bridgehead atoms. The zero-order chi connectivity index (χ0) is 12.3. The fraction of sp³-hybridized carbons (Fsp3) is 0.917. The molecule has 0 saturated carbocycles. The minimum atomic E-state index is -0.153. The molecule has 0 radical (unpaired) electrons. The van der Waals surface area contributed by atoms with Gasteiger partial charge in [0.15, 0.2) is 0 Å². The molecule has 1 heterocycles. The molecule has 1 aliphatic heterocycles. The van der Waals surface area contributed by atoms with E-state index < -0.39 is 0 Å². The van der Waals surface area contributed by atoms with Crippen molar-refractivity contribution in [3.63, 3.8) is 0 Å². The molecule has 3 atom stereocenters. The van der Waals surface area contributed by atoms with Crippen molar-refractivity contribution < 1.29 is 9.53 Å². The first kappa shape index (κ1) is 13.5. The summed E-state index contributed by atoms with van der Waals surface area (Å²) in [4.78, 5) is 14.0. The van der Waals surface area contributed by atoms with Crippen LogP contribution in [0.1, 0.15) is 27.2 Å². The predicted octanol–water partition coefficient (Wildman–Crippen LogP) is 0.853. The van der Waals surface area contributed by atoms with Crippen molar-refractivity contribution in [2.24, 2.45) is 17.6 Å². The monoisotopic (exact) mass is 228 g/mol. The first-order chi connectivity index (χ1) is 7.43. The molecular formula is C12H24N2O2. The molecule has 0 spiro atoms. The van der Waals surface area contributed by atoms with Gasteiger partial charge in [0.05, 0.1) is 19.1 Å². The van der Waals surface area contributed by atoms with E-state index >= 15 is 0 Å². The minimum absolute atomic E-state index is 0.123. The molecule has 3 unspecified atom stereocenters. The maximum absolute atomic E-state index is 12.1. The molecule has 0 aliphatic carbocycles. The van der Waals surface area contributed by atoms with E-state index in [4.69, 9.17) is 10.5 Å². The zero-order valence-corrected chi connectivity index (χ0v) is 10.8. The Hall–Kier alpha value is -0.610. The van der Waals surface area contributed by atoms with Crippen molar-refractivity contribution in [1.82, 2.24) is 4.90 Å². The number of nitrogens with zero attached hydrogens (tertiary/aromatic N) is 1. The standard InChI is InChI=1S/C12H24N2O2/c1-8(2)5-9(3)14(4)12(15)10-6-16-7-11(10)13/h8-11H,5-7,13H2,1-4H3. The summed E-state index contributed by atoms with van der Waals surface area (Å²) in [6, 6.07) is 0.126. The van der Waals surface area contributed by atoms with Crippen molar-refractivity contribution in [2.45, 2.75) is 39.3 Å². The van der Waals surface area contributed by atoms with Crippen molar-refractivity contribution in [3.05, 3.63) is 0 Å². The summed E-state index contributed by atoms with van der Waals surface area (Å²) in [5, 5.41) is 0. The summed E-state index contributed by atoms with van der Waals surface area (Å²) in [5.74, 6) is 0.566. The lowest BCUT2D eigenvalue weighted by Gasteiger charge is -2.29. The second-order valence-corrected chi connectivity index (χ2v) is 5.24. The molecule has 16 heavy (non-hydrogen) atoms. The molecule has 4 nitrogen and oxygen atoms in total. The lowest BCUT2D eigenvalue weighted by Crippen LogP contribution is -2.45. The van der Waals surface area contributed by atoms with Crippen molar-refractivity contribution in [1.29, 1.82) is 0 Å². The summed E-state index contributed by atoms with van der Waals surface area (Å²) >= 11 is 0. The lowest BCUT2D eigenvalue weighted by atomic mass is 9.99. The highest BCUT2D eigenvalue weighted by molar-refractivity contribution is 5.80. The Morgan fingerprint density at radius 3 is 2.50 bits per heavy atom. The van der Waals surface area contributed by atoms with Gasteiger partial charge in [-0.1, -0.05) is 13.8 Å². The molecule has 1 saturated heterocycles. The van der Waals surface area contributed by atoms with Gasteiger partial charge in [-0.2, -0.15) is 0 Å². The Kier molecular flexibility index (Phi) is 4.74. The second kappa shape index (κ2) is 5.64. The zero-order valence-electron chi connectivity index (χ0n) is 10.8. The SMILES string of the molecule is CC(C)CC(C)N(C)C(=O)C1COCC1N. The number of ether oxygens (including phenoxy) is 1. The van der Waals surface area contributed by atoms with Crippen LogP contribution in [0.5, 0.6) is 0 Å². The molecule has 1 fully saturated rings. The Morgan fingerprint density at radius 2 is 2.06 bits per heavy atom. The summed E-state index contributed by atoms with van der Waals surface area (Å²) in [6.07, 6.45) is 1.02. The van der Waals surface area contributed by atoms with Gasteiger partial charge in [0.25, 0.3) is 0 Å². The summed E-state index contributed by atoms with van der Waals surface area (Å²) < 4.78 is 5.23. The van der Waals surface area contributed by atoms with Gasteiger partial charge < -0.3 is 15.4 Å². The Morgan fingerprint density at radius 1 is 1.44 bits per heavy atom. The van der Waals surface area contributed by atoms with Crippen LogP contribution in [0.25, 0.3) is 0 Å². The van der Waals surface area contributed by atoms with E-state index in [0.717, 1.165) is 6.42 Å². The molecule has 0 aromatic heterocycles. The van der Waals surface area contributed by atoms with Gasteiger partial charge in [-0.3, -0.25) is 4.79 Å². The highest BCUT2D eigenvalue weighted by Gasteiger charge is 2.34. The van der Waals surface area contributed by atoms with E-state index in [2.05, 4.69) is 20.8 Å². The number of carbonyl (C=O) groups is 1. The molecule has 1 amide bonds. The predicted molar refractivity (Wildman–Crippen MR) is 64.0 cm³/mol. The fourth-order valence-corrected chi connectivity index (χ4v) is 2.14. The lowest BCUT2D eigenvalue weighted by molar-refractivity contribution is -0.136. The highest BCUT2D eigenvalue weighted by Crippen LogP contribution is 2.17. The smallest absolute Gasteiger partial charge is 0.229 e.